The van der Waals surface area contributed by atoms with Gasteiger partial charge >= 0.3 is 0 Å². The van der Waals surface area contributed by atoms with Crippen LogP contribution in [0.5, 0.6) is 23.0 Å². The van der Waals surface area contributed by atoms with E-state index in [1.807, 2.05) is 6.92 Å². The van der Waals surface area contributed by atoms with E-state index in [0.29, 0.717) is 28.6 Å². The zero-order valence-electron chi connectivity index (χ0n) is 21.2. The van der Waals surface area contributed by atoms with Crippen molar-refractivity contribution in [1.82, 2.24) is 5.43 Å². The number of para-hydroxylation sites is 2. The summed E-state index contributed by atoms with van der Waals surface area (Å²) in [6, 6.07) is 16.2. The smallest absolute Gasteiger partial charge is 0.264 e. The van der Waals surface area contributed by atoms with E-state index in [4.69, 9.17) is 18.9 Å². The summed E-state index contributed by atoms with van der Waals surface area (Å²) in [5.41, 5.74) is 4.06. The minimum Gasteiger partial charge on any atom is -0.495 e. The lowest BCUT2D eigenvalue weighted by Gasteiger charge is -2.25. The molecule has 3 aromatic carbocycles. The highest BCUT2D eigenvalue weighted by atomic mass is 32.2. The van der Waals surface area contributed by atoms with Gasteiger partial charge in [-0.05, 0) is 43.3 Å². The fourth-order valence-electron chi connectivity index (χ4n) is 3.49. The maximum absolute atomic E-state index is 13.6. The SMILES string of the molecule is COc1ccccc1N(CC(=O)N/N=C/c1cc(OC)c(OC)c(OC)c1)S(=O)(=O)c1ccc(C)cc1. The van der Waals surface area contributed by atoms with Gasteiger partial charge in [0.2, 0.25) is 5.75 Å². The molecule has 0 fully saturated rings. The Labute approximate surface area is 216 Å². The van der Waals surface area contributed by atoms with Crippen LogP contribution in [0.3, 0.4) is 0 Å². The lowest BCUT2D eigenvalue weighted by molar-refractivity contribution is -0.119. The average molecular weight is 528 g/mol. The van der Waals surface area contributed by atoms with Gasteiger partial charge in [0.25, 0.3) is 15.9 Å². The van der Waals surface area contributed by atoms with Gasteiger partial charge in [-0.1, -0.05) is 29.8 Å². The molecule has 1 amide bonds. The predicted octanol–water partition coefficient (Wildman–Crippen LogP) is 3.38. The Morgan fingerprint density at radius 3 is 2.05 bits per heavy atom. The molecular formula is C26H29N3O7S. The summed E-state index contributed by atoms with van der Waals surface area (Å²) >= 11 is 0. The van der Waals surface area contributed by atoms with Gasteiger partial charge in [-0.25, -0.2) is 13.8 Å². The molecule has 196 valence electrons. The van der Waals surface area contributed by atoms with Gasteiger partial charge in [-0.2, -0.15) is 5.10 Å². The number of hydrogen-bond acceptors (Lipinski definition) is 8. The van der Waals surface area contributed by atoms with Crippen LogP contribution in [0.25, 0.3) is 0 Å². The van der Waals surface area contributed by atoms with Crippen molar-refractivity contribution in [1.29, 1.82) is 0 Å². The molecule has 0 saturated carbocycles. The highest BCUT2D eigenvalue weighted by Gasteiger charge is 2.29. The highest BCUT2D eigenvalue weighted by Crippen LogP contribution is 2.37. The Morgan fingerprint density at radius 2 is 1.49 bits per heavy atom. The third-order valence-corrected chi connectivity index (χ3v) is 7.11. The van der Waals surface area contributed by atoms with E-state index < -0.39 is 22.5 Å². The minimum absolute atomic E-state index is 0.0396. The number of methoxy groups -OCH3 is 4. The zero-order chi connectivity index (χ0) is 27.0. The quantitative estimate of drug-likeness (QED) is 0.300. The molecule has 3 rings (SSSR count). The molecule has 11 heteroatoms. The normalized spacial score (nSPS) is 11.2. The molecule has 0 radical (unpaired) electrons. The van der Waals surface area contributed by atoms with Crippen molar-refractivity contribution < 1.29 is 32.2 Å². The standard InChI is InChI=1S/C26H29N3O7S/c1-18-10-12-20(13-11-18)37(31,32)29(21-8-6-7-9-22(21)33-2)17-25(30)28-27-16-19-14-23(34-3)26(36-5)24(15-19)35-4/h6-16H,17H2,1-5H3,(H,28,30)/b27-16+. The minimum atomic E-state index is -4.11. The predicted molar refractivity (Wildman–Crippen MR) is 141 cm³/mol. The van der Waals surface area contributed by atoms with Crippen LogP contribution in [0.2, 0.25) is 0 Å². The summed E-state index contributed by atoms with van der Waals surface area (Å²) < 4.78 is 49.4. The molecule has 0 spiro atoms. The van der Waals surface area contributed by atoms with E-state index in [1.54, 1.807) is 48.5 Å². The summed E-state index contributed by atoms with van der Waals surface area (Å²) in [6.45, 7) is 1.32. The number of rotatable bonds is 11. The van der Waals surface area contributed by atoms with Crippen molar-refractivity contribution >= 4 is 27.8 Å². The Kier molecular flexibility index (Phi) is 8.96. The first-order valence-electron chi connectivity index (χ1n) is 11.1. The fraction of sp³-hybridized carbons (Fsp3) is 0.231. The molecular weight excluding hydrogens is 498 g/mol. The number of aryl methyl sites for hydroxylation is 1. The molecule has 0 aromatic heterocycles. The number of benzene rings is 3. The zero-order valence-corrected chi connectivity index (χ0v) is 22.0. The van der Waals surface area contributed by atoms with Crippen molar-refractivity contribution in [2.24, 2.45) is 5.10 Å². The van der Waals surface area contributed by atoms with E-state index >= 15 is 0 Å². The molecule has 0 aliphatic heterocycles. The number of hydrogen-bond donors (Lipinski definition) is 1. The van der Waals surface area contributed by atoms with Crippen LogP contribution in [-0.4, -0.2) is 55.5 Å². The van der Waals surface area contributed by atoms with Crippen LogP contribution in [0.4, 0.5) is 5.69 Å². The number of anilines is 1. The maximum atomic E-state index is 13.6. The van der Waals surface area contributed by atoms with Crippen molar-refractivity contribution in [2.45, 2.75) is 11.8 Å². The van der Waals surface area contributed by atoms with Crippen molar-refractivity contribution in [3.63, 3.8) is 0 Å². The summed E-state index contributed by atoms with van der Waals surface area (Å²) in [5, 5.41) is 3.97. The molecule has 3 aromatic rings. The lowest BCUT2D eigenvalue weighted by Crippen LogP contribution is -2.39. The number of nitrogens with one attached hydrogen (secondary N) is 1. The molecule has 0 bridgehead atoms. The monoisotopic (exact) mass is 527 g/mol. The number of hydrazone groups is 1. The largest absolute Gasteiger partial charge is 0.495 e. The van der Waals surface area contributed by atoms with E-state index in [2.05, 4.69) is 10.5 Å². The topological polar surface area (TPSA) is 116 Å². The third kappa shape index (κ3) is 6.31. The second-order valence-corrected chi connectivity index (χ2v) is 9.61. The van der Waals surface area contributed by atoms with Crippen molar-refractivity contribution in [3.8, 4) is 23.0 Å². The summed E-state index contributed by atoms with van der Waals surface area (Å²) in [5.74, 6) is 0.888. The van der Waals surface area contributed by atoms with Crippen LogP contribution in [0.15, 0.2) is 70.7 Å². The lowest BCUT2D eigenvalue weighted by atomic mass is 10.2. The van der Waals surface area contributed by atoms with Crippen LogP contribution in [0.1, 0.15) is 11.1 Å². The number of sulfonamides is 1. The molecule has 10 nitrogen and oxygen atoms in total. The number of amides is 1. The summed E-state index contributed by atoms with van der Waals surface area (Å²) in [7, 11) is 1.79. The Hall–Kier alpha value is -4.25. The Morgan fingerprint density at radius 1 is 0.892 bits per heavy atom. The first-order valence-corrected chi connectivity index (χ1v) is 12.5. The molecule has 0 saturated heterocycles. The van der Waals surface area contributed by atoms with Crippen LogP contribution < -0.4 is 28.7 Å². The fourth-order valence-corrected chi connectivity index (χ4v) is 4.92. The van der Waals surface area contributed by atoms with E-state index in [1.165, 1.54) is 46.8 Å². The molecule has 0 unspecified atom stereocenters. The van der Waals surface area contributed by atoms with Gasteiger partial charge in [0.15, 0.2) is 11.5 Å². The van der Waals surface area contributed by atoms with Gasteiger partial charge in [0, 0.05) is 5.56 Å². The van der Waals surface area contributed by atoms with Gasteiger partial charge in [-0.15, -0.1) is 0 Å². The molecule has 0 heterocycles. The van der Waals surface area contributed by atoms with Crippen molar-refractivity contribution in [3.05, 3.63) is 71.8 Å². The first kappa shape index (κ1) is 27.3. The number of nitrogens with zero attached hydrogens (tertiary/aromatic N) is 2. The van der Waals surface area contributed by atoms with E-state index in [0.717, 1.165) is 9.87 Å². The average Bonchev–Trinajstić information content (AvgIpc) is 2.91. The van der Waals surface area contributed by atoms with E-state index in [9.17, 15) is 13.2 Å². The molecule has 0 aliphatic carbocycles. The second-order valence-electron chi connectivity index (χ2n) is 7.75. The number of ether oxygens (including phenoxy) is 4. The molecule has 0 atom stereocenters. The van der Waals surface area contributed by atoms with Crippen LogP contribution >= 0.6 is 0 Å². The van der Waals surface area contributed by atoms with Gasteiger partial charge in [0.05, 0.1) is 45.2 Å². The number of carbonyl (C=O) groups excluding carboxylic acids is 1. The maximum Gasteiger partial charge on any atom is 0.264 e. The first-order chi connectivity index (χ1) is 17.7. The van der Waals surface area contributed by atoms with Crippen LogP contribution in [0, 0.1) is 6.92 Å². The second kappa shape index (κ2) is 12.1. The highest BCUT2D eigenvalue weighted by molar-refractivity contribution is 7.92. The number of carbonyl (C=O) groups is 1. The Bertz CT molecular complexity index is 1350. The third-order valence-electron chi connectivity index (χ3n) is 5.34. The van der Waals surface area contributed by atoms with Gasteiger partial charge < -0.3 is 18.9 Å². The summed E-state index contributed by atoms with van der Waals surface area (Å²) in [6.07, 6.45) is 1.38. The molecule has 0 aliphatic rings. The summed E-state index contributed by atoms with van der Waals surface area (Å²) in [4.78, 5) is 12.9. The molecule has 37 heavy (non-hydrogen) atoms. The van der Waals surface area contributed by atoms with E-state index in [-0.39, 0.29) is 10.6 Å². The van der Waals surface area contributed by atoms with Gasteiger partial charge in [0.1, 0.15) is 12.3 Å². The Balaban J connectivity index is 1.88. The van der Waals surface area contributed by atoms with Crippen molar-refractivity contribution in [2.75, 3.05) is 39.3 Å². The van der Waals surface area contributed by atoms with Crippen LogP contribution in [-0.2, 0) is 14.8 Å². The molecule has 1 N–H and O–H groups in total. The van der Waals surface area contributed by atoms with Gasteiger partial charge in [-0.3, -0.25) is 9.10 Å².